The zero-order valence-corrected chi connectivity index (χ0v) is 13.9. The molecule has 8 nitrogen and oxygen atoms in total. The van der Waals surface area contributed by atoms with Crippen LogP contribution in [0, 0.1) is 34.1 Å². The third kappa shape index (κ3) is 2.29. The first-order valence-corrected chi connectivity index (χ1v) is 7.91. The van der Waals surface area contributed by atoms with E-state index in [1.807, 2.05) is 35.8 Å². The fourth-order valence-corrected chi connectivity index (χ4v) is 3.93. The normalized spacial score (nSPS) is 14.8. The van der Waals surface area contributed by atoms with Gasteiger partial charge in [0.1, 0.15) is 11.4 Å². The van der Waals surface area contributed by atoms with Crippen LogP contribution in [0.2, 0.25) is 0 Å². The zero-order chi connectivity index (χ0) is 17.9. The van der Waals surface area contributed by atoms with Crippen LogP contribution in [0.5, 0.6) is 0 Å². The molecule has 0 radical (unpaired) electrons. The van der Waals surface area contributed by atoms with Gasteiger partial charge in [-0.1, -0.05) is 12.1 Å². The van der Waals surface area contributed by atoms with E-state index in [2.05, 4.69) is 0 Å². The van der Waals surface area contributed by atoms with Gasteiger partial charge in [-0.05, 0) is 25.0 Å². The van der Waals surface area contributed by atoms with Gasteiger partial charge in [0.25, 0.3) is 11.4 Å². The summed E-state index contributed by atoms with van der Waals surface area (Å²) in [6, 6.07) is 7.02. The molecular formula is C17H16N4O4. The molecule has 2 bridgehead atoms. The molecule has 8 heteroatoms. The molecule has 2 heterocycles. The highest BCUT2D eigenvalue weighted by molar-refractivity contribution is 5.79. The standard InChI is InChI=1S/C17H16N4O4/c1-10-3-12-7-18-9-19(16(12)14(5-10)20(22)23)8-13-4-11(2)6-15(17(13)18)21(24)25/h3-6H,7-9H2,1-2H3. The van der Waals surface area contributed by atoms with Crippen LogP contribution in [-0.2, 0) is 13.1 Å². The number of nitro benzene ring substituents is 2. The van der Waals surface area contributed by atoms with E-state index in [0.717, 1.165) is 22.3 Å². The van der Waals surface area contributed by atoms with Gasteiger partial charge in [0.15, 0.2) is 0 Å². The number of hydrogen-bond donors (Lipinski definition) is 0. The van der Waals surface area contributed by atoms with E-state index >= 15 is 0 Å². The second-order valence-corrected chi connectivity index (χ2v) is 6.64. The molecular weight excluding hydrogens is 324 g/mol. The summed E-state index contributed by atoms with van der Waals surface area (Å²) < 4.78 is 0. The Bertz CT molecular complexity index is 865. The Morgan fingerprint density at radius 1 is 0.800 bits per heavy atom. The number of rotatable bonds is 2. The van der Waals surface area contributed by atoms with Crippen molar-refractivity contribution in [3.05, 3.63) is 66.7 Å². The minimum Gasteiger partial charge on any atom is -0.344 e. The first-order valence-electron chi connectivity index (χ1n) is 7.91. The maximum atomic E-state index is 11.5. The Hall–Kier alpha value is -3.16. The Morgan fingerprint density at radius 3 is 1.56 bits per heavy atom. The summed E-state index contributed by atoms with van der Waals surface area (Å²) in [5.74, 6) is 0. The highest BCUT2D eigenvalue weighted by Crippen LogP contribution is 2.46. The summed E-state index contributed by atoms with van der Waals surface area (Å²) >= 11 is 0. The van der Waals surface area contributed by atoms with Gasteiger partial charge in [-0.25, -0.2) is 0 Å². The van der Waals surface area contributed by atoms with E-state index in [-0.39, 0.29) is 21.2 Å². The molecule has 0 saturated carbocycles. The van der Waals surface area contributed by atoms with Crippen LogP contribution in [0.15, 0.2) is 24.3 Å². The molecule has 0 aliphatic carbocycles. The molecule has 0 fully saturated rings. The third-order valence-corrected chi connectivity index (χ3v) is 4.72. The molecule has 0 N–H and O–H groups in total. The summed E-state index contributed by atoms with van der Waals surface area (Å²) in [5, 5.41) is 23.0. The van der Waals surface area contributed by atoms with Gasteiger partial charge in [0.05, 0.1) is 16.5 Å². The molecule has 0 atom stereocenters. The third-order valence-electron chi connectivity index (χ3n) is 4.72. The Balaban J connectivity index is 1.91. The Morgan fingerprint density at radius 2 is 1.20 bits per heavy atom. The van der Waals surface area contributed by atoms with Gasteiger partial charge in [-0.3, -0.25) is 20.2 Å². The quantitative estimate of drug-likeness (QED) is 0.614. The summed E-state index contributed by atoms with van der Waals surface area (Å²) in [4.78, 5) is 26.2. The van der Waals surface area contributed by atoms with Crippen LogP contribution < -0.4 is 9.80 Å². The number of anilines is 2. The number of nitro groups is 2. The fraction of sp³-hybridized carbons (Fsp3) is 0.294. The summed E-state index contributed by atoms with van der Waals surface area (Å²) in [6.45, 7) is 4.90. The summed E-state index contributed by atoms with van der Waals surface area (Å²) in [6.07, 6.45) is 0. The van der Waals surface area contributed by atoms with Crippen molar-refractivity contribution < 1.29 is 9.85 Å². The van der Waals surface area contributed by atoms with Crippen molar-refractivity contribution >= 4 is 22.7 Å². The van der Waals surface area contributed by atoms with Gasteiger partial charge >= 0.3 is 0 Å². The monoisotopic (exact) mass is 340 g/mol. The minimum atomic E-state index is -0.351. The van der Waals surface area contributed by atoms with E-state index in [1.165, 1.54) is 0 Å². The largest absolute Gasteiger partial charge is 0.344 e. The first kappa shape index (κ1) is 15.4. The maximum Gasteiger partial charge on any atom is 0.293 e. The van der Waals surface area contributed by atoms with Crippen molar-refractivity contribution in [2.24, 2.45) is 0 Å². The van der Waals surface area contributed by atoms with Crippen molar-refractivity contribution in [2.45, 2.75) is 26.9 Å². The lowest BCUT2D eigenvalue weighted by atomic mass is 9.97. The number of benzene rings is 2. The lowest BCUT2D eigenvalue weighted by molar-refractivity contribution is -0.384. The predicted octanol–water partition coefficient (Wildman–Crippen LogP) is 3.42. The second kappa shape index (κ2) is 5.17. The van der Waals surface area contributed by atoms with Crippen molar-refractivity contribution in [3.8, 4) is 0 Å². The highest BCUT2D eigenvalue weighted by atomic mass is 16.6. The highest BCUT2D eigenvalue weighted by Gasteiger charge is 2.37. The molecule has 0 amide bonds. The Kier molecular flexibility index (Phi) is 3.18. The molecule has 0 spiro atoms. The molecule has 0 unspecified atom stereocenters. The Labute approximate surface area is 143 Å². The van der Waals surface area contributed by atoms with E-state index < -0.39 is 0 Å². The minimum absolute atomic E-state index is 0.0975. The van der Waals surface area contributed by atoms with E-state index in [1.54, 1.807) is 12.1 Å². The fourth-order valence-electron chi connectivity index (χ4n) is 3.93. The van der Waals surface area contributed by atoms with E-state index in [9.17, 15) is 20.2 Å². The maximum absolute atomic E-state index is 11.5. The first-order chi connectivity index (χ1) is 11.8. The lowest BCUT2D eigenvalue weighted by Crippen LogP contribution is -2.46. The van der Waals surface area contributed by atoms with Gasteiger partial charge in [-0.2, -0.15) is 0 Å². The van der Waals surface area contributed by atoms with Crippen LogP contribution in [0.4, 0.5) is 22.7 Å². The van der Waals surface area contributed by atoms with Crippen LogP contribution in [-0.4, -0.2) is 16.5 Å². The predicted molar refractivity (Wildman–Crippen MR) is 92.9 cm³/mol. The van der Waals surface area contributed by atoms with E-state index in [4.69, 9.17) is 0 Å². The zero-order valence-electron chi connectivity index (χ0n) is 13.9. The molecule has 128 valence electrons. The number of hydrogen-bond acceptors (Lipinski definition) is 6. The van der Waals surface area contributed by atoms with Crippen LogP contribution in [0.3, 0.4) is 0 Å². The van der Waals surface area contributed by atoms with Crippen molar-refractivity contribution in [2.75, 3.05) is 16.5 Å². The SMILES string of the molecule is Cc1cc2c(c([N+](=O)[O-])c1)N1Cc3cc(C)cc([N+](=O)[O-])c3N(C2)C1. The van der Waals surface area contributed by atoms with Crippen LogP contribution in [0.25, 0.3) is 0 Å². The average Bonchev–Trinajstić information content (AvgIpc) is 2.52. The van der Waals surface area contributed by atoms with Gasteiger partial charge < -0.3 is 9.80 Å². The average molecular weight is 340 g/mol. The molecule has 2 aliphatic heterocycles. The van der Waals surface area contributed by atoms with Gasteiger partial charge in [-0.15, -0.1) is 0 Å². The molecule has 0 saturated heterocycles. The van der Waals surface area contributed by atoms with Crippen LogP contribution in [0.1, 0.15) is 22.3 Å². The number of fused-ring (bicyclic) bond motifs is 6. The molecule has 2 aromatic carbocycles. The summed E-state index contributed by atoms with van der Waals surface area (Å²) in [5.41, 5.74) is 4.73. The number of aryl methyl sites for hydroxylation is 2. The van der Waals surface area contributed by atoms with Crippen molar-refractivity contribution in [1.82, 2.24) is 0 Å². The van der Waals surface area contributed by atoms with Crippen molar-refractivity contribution in [1.29, 1.82) is 0 Å². The molecule has 4 rings (SSSR count). The topological polar surface area (TPSA) is 92.8 Å². The lowest BCUT2D eigenvalue weighted by Gasteiger charge is -2.44. The summed E-state index contributed by atoms with van der Waals surface area (Å²) in [7, 11) is 0. The van der Waals surface area contributed by atoms with Gasteiger partial charge in [0.2, 0.25) is 0 Å². The van der Waals surface area contributed by atoms with Gasteiger partial charge in [0, 0.05) is 36.3 Å². The number of nitrogens with zero attached hydrogens (tertiary/aromatic N) is 4. The smallest absolute Gasteiger partial charge is 0.293 e. The second-order valence-electron chi connectivity index (χ2n) is 6.64. The molecule has 0 aromatic heterocycles. The van der Waals surface area contributed by atoms with Crippen molar-refractivity contribution in [3.63, 3.8) is 0 Å². The molecule has 25 heavy (non-hydrogen) atoms. The molecule has 2 aliphatic rings. The molecule has 2 aromatic rings. The van der Waals surface area contributed by atoms with Crippen LogP contribution >= 0.6 is 0 Å². The van der Waals surface area contributed by atoms with E-state index in [0.29, 0.717) is 31.1 Å².